The van der Waals surface area contributed by atoms with Gasteiger partial charge < -0.3 is 98.9 Å². The summed E-state index contributed by atoms with van der Waals surface area (Å²) in [4.78, 5) is 186. The Morgan fingerprint density at radius 3 is 1.11 bits per heavy atom. The van der Waals surface area contributed by atoms with Crippen molar-refractivity contribution in [2.45, 2.75) is 178 Å². The summed E-state index contributed by atoms with van der Waals surface area (Å²) < 4.78 is 0. The van der Waals surface area contributed by atoms with Crippen molar-refractivity contribution in [1.29, 1.82) is 0 Å². The second-order valence-corrected chi connectivity index (χ2v) is 25.6. The lowest BCUT2D eigenvalue weighted by molar-refractivity contribution is -0.142. The van der Waals surface area contributed by atoms with Gasteiger partial charge in [0.15, 0.2) is 0 Å². The Balaban J connectivity index is 1.61. The lowest BCUT2D eigenvalue weighted by atomic mass is 10.0. The monoisotopic (exact) mass is 1500 g/mol. The van der Waals surface area contributed by atoms with Crippen LogP contribution in [0.4, 0.5) is 33.1 Å². The smallest absolute Gasteiger partial charge is 0.326 e. The van der Waals surface area contributed by atoms with E-state index in [-0.39, 0.29) is 134 Å². The van der Waals surface area contributed by atoms with Gasteiger partial charge in [-0.15, -0.1) is 0 Å². The van der Waals surface area contributed by atoms with Crippen molar-refractivity contribution in [3.8, 4) is 0 Å². The number of hydrogen-bond donors (Lipinski definition) is 19. The minimum Gasteiger partial charge on any atom is -0.481 e. The van der Waals surface area contributed by atoms with Gasteiger partial charge in [-0.3, -0.25) is 58.0 Å². The summed E-state index contributed by atoms with van der Waals surface area (Å²) in [6.45, 7) is 0.784. The number of anilines is 4. The first kappa shape index (κ1) is 89.9. The highest BCUT2D eigenvalue weighted by Crippen LogP contribution is 2.21. The zero-order valence-corrected chi connectivity index (χ0v) is 59.4. The molecular weight excluding hydrogens is 1400 g/mol. The number of carboxylic acid groups (broad SMARTS) is 10. The van der Waals surface area contributed by atoms with Crippen LogP contribution in [-0.2, 0) is 64.0 Å². The van der Waals surface area contributed by atoms with Gasteiger partial charge >= 0.3 is 71.8 Å². The van der Waals surface area contributed by atoms with Gasteiger partial charge in [-0.05, 0) is 101 Å². The zero-order valence-electron chi connectivity index (χ0n) is 59.4. The molecule has 0 bridgehead atoms. The molecule has 0 radical (unpaired) electrons. The molecule has 1 aliphatic heterocycles. The molecule has 0 aliphatic carbocycles. The number of unbranched alkanes of at least 4 members (excludes halogenated alkanes) is 10. The van der Waals surface area contributed by atoms with Gasteiger partial charge in [0, 0.05) is 109 Å². The fourth-order valence-corrected chi connectivity index (χ4v) is 11.2. The number of carboxylic acids is 10. The van der Waals surface area contributed by atoms with E-state index in [1.165, 1.54) is 0 Å². The fraction of sp³-hybridized carbons (Fsp3) is 0.652. The van der Waals surface area contributed by atoms with Crippen LogP contribution in [0.2, 0.25) is 0 Å². The second kappa shape index (κ2) is 50.9. The molecule has 1 saturated heterocycles. The van der Waals surface area contributed by atoms with E-state index in [9.17, 15) is 108 Å². The van der Waals surface area contributed by atoms with E-state index in [0.29, 0.717) is 70.1 Å². The van der Waals surface area contributed by atoms with Gasteiger partial charge in [-0.2, -0.15) is 15.0 Å². The highest BCUT2D eigenvalue weighted by molar-refractivity contribution is 5.87. The van der Waals surface area contributed by atoms with Gasteiger partial charge in [-0.25, -0.2) is 28.8 Å². The van der Waals surface area contributed by atoms with E-state index in [2.05, 4.69) is 62.8 Å². The Labute approximate surface area is 611 Å². The summed E-state index contributed by atoms with van der Waals surface area (Å²) in [5.41, 5.74) is 1.31. The maximum absolute atomic E-state index is 12.6. The second-order valence-electron chi connectivity index (χ2n) is 25.6. The summed E-state index contributed by atoms with van der Waals surface area (Å²) in [7, 11) is 0. The predicted molar refractivity (Wildman–Crippen MR) is 377 cm³/mol. The van der Waals surface area contributed by atoms with E-state index in [1.807, 2.05) is 12.1 Å². The zero-order chi connectivity index (χ0) is 78.3. The van der Waals surface area contributed by atoms with E-state index in [1.54, 1.807) is 31.7 Å². The van der Waals surface area contributed by atoms with Crippen LogP contribution in [0.3, 0.4) is 0 Å². The average Bonchev–Trinajstić information content (AvgIpc) is 0.849. The van der Waals surface area contributed by atoms with Gasteiger partial charge in [-0.1, -0.05) is 50.7 Å². The van der Waals surface area contributed by atoms with Crippen LogP contribution in [0.5, 0.6) is 0 Å². The molecule has 1 aliphatic rings. The van der Waals surface area contributed by atoms with Crippen molar-refractivity contribution in [2.75, 3.05) is 114 Å². The third kappa shape index (κ3) is 41.8. The van der Waals surface area contributed by atoms with Crippen molar-refractivity contribution >= 4 is 107 Å². The van der Waals surface area contributed by atoms with Crippen molar-refractivity contribution in [1.82, 2.24) is 66.5 Å². The Hall–Kier alpha value is -10.3. The summed E-state index contributed by atoms with van der Waals surface area (Å²) in [5, 5.41) is 119. The first-order valence-electron chi connectivity index (χ1n) is 35.3. The van der Waals surface area contributed by atoms with Crippen LogP contribution in [0.25, 0.3) is 0 Å². The lowest BCUT2D eigenvalue weighted by Crippen LogP contribution is -2.53. The molecule has 0 spiro atoms. The first-order valence-corrected chi connectivity index (χ1v) is 35.3. The number of rotatable bonds is 54. The number of amides is 6. The van der Waals surface area contributed by atoms with Gasteiger partial charge in [0.25, 0.3) is 0 Å². The largest absolute Gasteiger partial charge is 0.481 e. The molecule has 1 fully saturated rings. The quantitative estimate of drug-likeness (QED) is 0.0415. The molecule has 0 saturated carbocycles. The van der Waals surface area contributed by atoms with Crippen LogP contribution in [0.15, 0.2) is 24.3 Å². The van der Waals surface area contributed by atoms with Crippen LogP contribution < -0.4 is 47.9 Å². The lowest BCUT2D eigenvalue weighted by Gasteiger charge is -2.37. The summed E-state index contributed by atoms with van der Waals surface area (Å²) in [6.07, 6.45) is 7.61. The Morgan fingerprint density at radius 2 is 0.717 bits per heavy atom. The summed E-state index contributed by atoms with van der Waals surface area (Å²) in [5.74, 6) is -12.4. The summed E-state index contributed by atoms with van der Waals surface area (Å²) >= 11 is 0. The molecule has 19 N–H and O–H groups in total. The topological polar surface area (TPSA) is 601 Å². The molecule has 3 rings (SSSR count). The standard InChI is InChI=1S/C66H104N16O24/c83-50(67-27-13-9-15-46(58(97)98)72-65(105)74-48(60(101)102)23-25-52(85)86)17-7-3-1-5-11-29-69-62-76-63(70-30-12-6-2-4-8-18-51(84)68-28-14-10-16-47(59(99)100)73-66(106)75-49(61(103)104)24-26-53(87)88)78-64(77-62)71-44-21-19-43(20-22-44)37-45-38-81(41-56(93)94)34-33-79(39-54(89)90)31-32-80(40-55(91)92)35-36-82(45)42-57(95)96/h19-22,45-49H,1-18,23-42H2,(H,67,83)(H,68,84)(H,85,86)(H,87,88)(H,89,90)(H,91,92)(H,93,94)(H,95,96)(H,97,98)(H,99,100)(H,101,102)(H,103,104)(H2,72,74,105)(H2,73,75,106)(H3,69,70,71,76,77,78)/t45?,46?,47?,48-,49-/m0/s1. The number of benzene rings is 1. The van der Waals surface area contributed by atoms with Crippen molar-refractivity contribution in [2.24, 2.45) is 0 Å². The molecular formula is C66H104N16O24. The van der Waals surface area contributed by atoms with E-state index in [4.69, 9.17) is 10.2 Å². The molecule has 1 aromatic heterocycles. The Morgan fingerprint density at radius 1 is 0.368 bits per heavy atom. The number of aliphatic carboxylic acids is 10. The van der Waals surface area contributed by atoms with Crippen molar-refractivity contribution in [3.05, 3.63) is 29.8 Å². The number of urea groups is 2. The molecule has 1 aromatic carbocycles. The fourth-order valence-electron chi connectivity index (χ4n) is 11.2. The molecule has 40 nitrogen and oxygen atoms in total. The van der Waals surface area contributed by atoms with Crippen LogP contribution in [-0.4, -0.2) is 298 Å². The third-order valence-electron chi connectivity index (χ3n) is 16.8. The maximum Gasteiger partial charge on any atom is 0.326 e. The highest BCUT2D eigenvalue weighted by Gasteiger charge is 2.30. The number of carbonyl (C=O) groups excluding carboxylic acids is 4. The molecule has 106 heavy (non-hydrogen) atoms. The van der Waals surface area contributed by atoms with Gasteiger partial charge in [0.2, 0.25) is 29.7 Å². The van der Waals surface area contributed by atoms with Crippen LogP contribution >= 0.6 is 0 Å². The normalized spacial score (nSPS) is 15.1. The van der Waals surface area contributed by atoms with Crippen molar-refractivity contribution in [3.63, 3.8) is 0 Å². The SMILES string of the molecule is O=C(O)CC[C@H](NC(=O)NC(CCCCNC(=O)CCCCCCCNc1nc(NCCCCCCCC(=O)NCCCCC(NC(=O)N[C@@H](CCC(=O)O)C(=O)O)C(=O)O)nc(Nc2ccc(CC3CN(CC(=O)O)CCN(CC(=O)O)CCN(CC(=O)O)CCN3CC(=O)O)cc2)n1)C(=O)O)C(=O)O. The summed E-state index contributed by atoms with van der Waals surface area (Å²) in [6, 6.07) is -1.39. The number of nitrogens with one attached hydrogen (secondary N) is 9. The van der Waals surface area contributed by atoms with E-state index < -0.39 is 141 Å². The highest BCUT2D eigenvalue weighted by atomic mass is 16.4. The predicted octanol–water partition coefficient (Wildman–Crippen LogP) is 1.31. The molecule has 6 amide bonds. The third-order valence-corrected chi connectivity index (χ3v) is 16.8. The molecule has 2 aromatic rings. The Kier molecular flexibility index (Phi) is 43.2. The Bertz CT molecular complexity index is 3050. The number of hydrogen-bond acceptors (Lipinski definition) is 24. The number of carbonyl (C=O) groups is 14. The molecule has 3 unspecified atom stereocenters. The molecule has 592 valence electrons. The van der Waals surface area contributed by atoms with E-state index in [0.717, 1.165) is 44.1 Å². The maximum atomic E-state index is 12.6. The number of aromatic nitrogens is 3. The molecule has 2 heterocycles. The molecule has 5 atom stereocenters. The minimum absolute atomic E-state index is 0.0180. The van der Waals surface area contributed by atoms with Crippen LogP contribution in [0.1, 0.15) is 147 Å². The first-order chi connectivity index (χ1) is 50.4. The average molecular weight is 1510 g/mol. The van der Waals surface area contributed by atoms with Gasteiger partial charge in [0.1, 0.15) is 24.2 Å². The van der Waals surface area contributed by atoms with Crippen LogP contribution in [0, 0.1) is 0 Å². The van der Waals surface area contributed by atoms with Crippen molar-refractivity contribution < 1.29 is 118 Å². The number of nitrogens with zero attached hydrogens (tertiary/aromatic N) is 7. The van der Waals surface area contributed by atoms with E-state index >= 15 is 0 Å². The van der Waals surface area contributed by atoms with Gasteiger partial charge in [0.05, 0.1) is 26.2 Å². The minimum atomic E-state index is -1.54. The molecule has 40 heteroatoms.